The molecule has 2 aromatic rings. The maximum absolute atomic E-state index is 6.28. The van der Waals surface area contributed by atoms with Crippen LogP contribution in [-0.2, 0) is 7.05 Å². The monoisotopic (exact) mass is 341 g/mol. The first kappa shape index (κ1) is 14.6. The van der Waals surface area contributed by atoms with Crippen molar-refractivity contribution in [2.45, 2.75) is 19.9 Å². The highest BCUT2D eigenvalue weighted by Crippen LogP contribution is 2.31. The summed E-state index contributed by atoms with van der Waals surface area (Å²) in [6, 6.07) is 6.33. The second-order valence-corrected chi connectivity index (χ2v) is 5.82. The molecule has 0 saturated heterocycles. The molecule has 0 radical (unpaired) electrons. The second-order valence-electron chi connectivity index (χ2n) is 4.49. The number of hydrogen-bond donors (Lipinski definition) is 1. The van der Waals surface area contributed by atoms with Gasteiger partial charge in [0.2, 0.25) is 0 Å². The topological polar surface area (TPSA) is 29.9 Å². The molecule has 0 amide bonds. The van der Waals surface area contributed by atoms with E-state index in [0.717, 1.165) is 16.7 Å². The van der Waals surface area contributed by atoms with Gasteiger partial charge in [0.25, 0.3) is 0 Å². The molecule has 5 heteroatoms. The first-order valence-corrected chi connectivity index (χ1v) is 7.38. The van der Waals surface area contributed by atoms with Crippen LogP contribution in [0.5, 0.6) is 0 Å². The van der Waals surface area contributed by atoms with Crippen molar-refractivity contribution in [1.82, 2.24) is 15.1 Å². The minimum atomic E-state index is 0.0440. The summed E-state index contributed by atoms with van der Waals surface area (Å²) in [6.45, 7) is 5.05. The molecule has 1 unspecified atom stereocenters. The average molecular weight is 343 g/mol. The Bertz CT molecular complexity index is 561. The minimum Gasteiger partial charge on any atom is -0.305 e. The Kier molecular flexibility index (Phi) is 4.66. The number of aryl methyl sites for hydroxylation is 2. The van der Waals surface area contributed by atoms with Crippen LogP contribution in [0, 0.1) is 6.92 Å². The molecule has 1 heterocycles. The van der Waals surface area contributed by atoms with Crippen molar-refractivity contribution >= 4 is 27.5 Å². The number of nitrogens with one attached hydrogen (secondary N) is 1. The first-order valence-electron chi connectivity index (χ1n) is 6.21. The molecule has 1 N–H and O–H groups in total. The molecule has 0 saturated carbocycles. The van der Waals surface area contributed by atoms with E-state index in [2.05, 4.69) is 52.3 Å². The van der Waals surface area contributed by atoms with Gasteiger partial charge >= 0.3 is 0 Å². The summed E-state index contributed by atoms with van der Waals surface area (Å²) in [5.41, 5.74) is 3.43. The third-order valence-corrected chi connectivity index (χ3v) is 3.96. The van der Waals surface area contributed by atoms with E-state index in [-0.39, 0.29) is 6.04 Å². The van der Waals surface area contributed by atoms with E-state index in [0.29, 0.717) is 5.02 Å². The van der Waals surface area contributed by atoms with Gasteiger partial charge in [0.05, 0.1) is 23.0 Å². The largest absolute Gasteiger partial charge is 0.305 e. The molecule has 2 rings (SSSR count). The van der Waals surface area contributed by atoms with Crippen molar-refractivity contribution in [3.8, 4) is 0 Å². The van der Waals surface area contributed by atoms with E-state index in [1.54, 1.807) is 6.20 Å². The summed E-state index contributed by atoms with van der Waals surface area (Å²) in [5, 5.41) is 8.40. The smallest absolute Gasteiger partial charge is 0.0837 e. The van der Waals surface area contributed by atoms with Gasteiger partial charge in [0.15, 0.2) is 0 Å². The number of aromatic nitrogens is 2. The van der Waals surface area contributed by atoms with E-state index < -0.39 is 0 Å². The molecule has 0 spiro atoms. The van der Waals surface area contributed by atoms with Crippen molar-refractivity contribution in [2.24, 2.45) is 7.05 Å². The molecule has 1 aromatic carbocycles. The van der Waals surface area contributed by atoms with Crippen LogP contribution in [0.15, 0.2) is 28.9 Å². The molecule has 0 aliphatic heterocycles. The van der Waals surface area contributed by atoms with Crippen molar-refractivity contribution in [3.63, 3.8) is 0 Å². The number of rotatable bonds is 4. The Morgan fingerprint density at radius 2 is 2.21 bits per heavy atom. The molecule has 102 valence electrons. The predicted octanol–water partition coefficient (Wildman–Crippen LogP) is 3.84. The van der Waals surface area contributed by atoms with Crippen molar-refractivity contribution in [2.75, 3.05) is 6.54 Å². The summed E-state index contributed by atoms with van der Waals surface area (Å²) < 4.78 is 2.89. The van der Waals surface area contributed by atoms with Gasteiger partial charge in [-0.25, -0.2) is 0 Å². The van der Waals surface area contributed by atoms with Gasteiger partial charge in [-0.1, -0.05) is 40.5 Å². The van der Waals surface area contributed by atoms with E-state index in [1.165, 1.54) is 11.1 Å². The van der Waals surface area contributed by atoms with E-state index in [1.807, 2.05) is 17.8 Å². The number of halogens is 2. The zero-order valence-corrected chi connectivity index (χ0v) is 13.6. The van der Waals surface area contributed by atoms with Gasteiger partial charge in [-0.3, -0.25) is 4.68 Å². The van der Waals surface area contributed by atoms with Crippen LogP contribution < -0.4 is 5.32 Å². The Labute approximate surface area is 127 Å². The van der Waals surface area contributed by atoms with E-state index in [9.17, 15) is 0 Å². The Morgan fingerprint density at radius 1 is 1.47 bits per heavy atom. The van der Waals surface area contributed by atoms with Crippen LogP contribution >= 0.6 is 27.5 Å². The standard InChI is InChI=1S/C14H17BrClN3/c1-4-17-13(14-12(16)8-18-19(14)3)11-7-10(15)6-5-9(11)2/h5-8,13,17H,4H2,1-3H3. The van der Waals surface area contributed by atoms with Crippen LogP contribution in [0.4, 0.5) is 0 Å². The average Bonchev–Trinajstić information content (AvgIpc) is 2.70. The SMILES string of the molecule is CCNC(c1cc(Br)ccc1C)c1c(Cl)cnn1C. The molecule has 0 bridgehead atoms. The number of hydrogen-bond acceptors (Lipinski definition) is 2. The van der Waals surface area contributed by atoms with Gasteiger partial charge < -0.3 is 5.32 Å². The maximum Gasteiger partial charge on any atom is 0.0837 e. The number of benzene rings is 1. The van der Waals surface area contributed by atoms with Crippen molar-refractivity contribution in [3.05, 3.63) is 50.7 Å². The predicted molar refractivity (Wildman–Crippen MR) is 82.6 cm³/mol. The Morgan fingerprint density at radius 3 is 2.79 bits per heavy atom. The molecular formula is C14H17BrClN3. The third kappa shape index (κ3) is 3.02. The summed E-state index contributed by atoms with van der Waals surface area (Å²) in [7, 11) is 1.92. The maximum atomic E-state index is 6.28. The van der Waals surface area contributed by atoms with Crippen molar-refractivity contribution in [1.29, 1.82) is 0 Å². The van der Waals surface area contributed by atoms with Crippen LogP contribution in [0.3, 0.4) is 0 Å². The van der Waals surface area contributed by atoms with Crippen LogP contribution in [-0.4, -0.2) is 16.3 Å². The summed E-state index contributed by atoms with van der Waals surface area (Å²) >= 11 is 9.82. The zero-order valence-electron chi connectivity index (χ0n) is 11.2. The van der Waals surface area contributed by atoms with Gasteiger partial charge in [-0.05, 0) is 36.7 Å². The molecule has 1 atom stereocenters. The van der Waals surface area contributed by atoms with Gasteiger partial charge in [-0.2, -0.15) is 5.10 Å². The molecule has 1 aromatic heterocycles. The fourth-order valence-electron chi connectivity index (χ4n) is 2.23. The summed E-state index contributed by atoms with van der Waals surface area (Å²) in [6.07, 6.45) is 1.69. The molecule has 3 nitrogen and oxygen atoms in total. The summed E-state index contributed by atoms with van der Waals surface area (Å²) in [5.74, 6) is 0. The van der Waals surface area contributed by atoms with Crippen LogP contribution in [0.25, 0.3) is 0 Å². The van der Waals surface area contributed by atoms with Gasteiger partial charge in [-0.15, -0.1) is 0 Å². The molecule has 0 aliphatic carbocycles. The van der Waals surface area contributed by atoms with Gasteiger partial charge in [0, 0.05) is 11.5 Å². The second kappa shape index (κ2) is 6.07. The lowest BCUT2D eigenvalue weighted by Crippen LogP contribution is -2.25. The molecule has 0 aliphatic rings. The van der Waals surface area contributed by atoms with Crippen LogP contribution in [0.2, 0.25) is 5.02 Å². The lowest BCUT2D eigenvalue weighted by Gasteiger charge is -2.21. The number of nitrogens with zero attached hydrogens (tertiary/aromatic N) is 2. The Hall–Kier alpha value is -0.840. The van der Waals surface area contributed by atoms with Crippen molar-refractivity contribution < 1.29 is 0 Å². The third-order valence-electron chi connectivity index (χ3n) is 3.17. The quantitative estimate of drug-likeness (QED) is 0.915. The van der Waals surface area contributed by atoms with E-state index in [4.69, 9.17) is 11.6 Å². The van der Waals surface area contributed by atoms with Crippen LogP contribution in [0.1, 0.15) is 29.8 Å². The first-order chi connectivity index (χ1) is 9.04. The molecule has 19 heavy (non-hydrogen) atoms. The fourth-order valence-corrected chi connectivity index (χ4v) is 2.88. The minimum absolute atomic E-state index is 0.0440. The highest BCUT2D eigenvalue weighted by atomic mass is 79.9. The zero-order chi connectivity index (χ0) is 14.0. The highest BCUT2D eigenvalue weighted by Gasteiger charge is 2.21. The molecular weight excluding hydrogens is 326 g/mol. The fraction of sp³-hybridized carbons (Fsp3) is 0.357. The van der Waals surface area contributed by atoms with Gasteiger partial charge in [0.1, 0.15) is 0 Å². The molecule has 0 fully saturated rings. The lowest BCUT2D eigenvalue weighted by molar-refractivity contribution is 0.570. The Balaban J connectivity index is 2.54. The van der Waals surface area contributed by atoms with E-state index >= 15 is 0 Å². The lowest BCUT2D eigenvalue weighted by atomic mass is 9.98. The normalized spacial score (nSPS) is 12.7. The summed E-state index contributed by atoms with van der Waals surface area (Å²) in [4.78, 5) is 0. The highest BCUT2D eigenvalue weighted by molar-refractivity contribution is 9.10.